The van der Waals surface area contributed by atoms with Gasteiger partial charge >= 0.3 is 0 Å². The highest BCUT2D eigenvalue weighted by Gasteiger charge is 2.12. The molecule has 112 valence electrons. The van der Waals surface area contributed by atoms with Crippen LogP contribution in [0.25, 0.3) is 0 Å². The van der Waals surface area contributed by atoms with Crippen LogP contribution in [0.1, 0.15) is 37.6 Å². The third-order valence-electron chi connectivity index (χ3n) is 3.26. The van der Waals surface area contributed by atoms with Gasteiger partial charge in [0.05, 0.1) is 5.69 Å². The average Bonchev–Trinajstić information content (AvgIpc) is 2.42. The summed E-state index contributed by atoms with van der Waals surface area (Å²) >= 11 is 0. The number of aromatic nitrogens is 1. The van der Waals surface area contributed by atoms with E-state index in [4.69, 9.17) is 0 Å². The first-order valence-electron chi connectivity index (χ1n) is 7.36. The summed E-state index contributed by atoms with van der Waals surface area (Å²) in [7, 11) is 5.97. The zero-order valence-electron chi connectivity index (χ0n) is 13.2. The lowest BCUT2D eigenvalue weighted by Crippen LogP contribution is -2.31. The van der Waals surface area contributed by atoms with E-state index in [-0.39, 0.29) is 0 Å². The Morgan fingerprint density at radius 3 is 2.45 bits per heavy atom. The van der Waals surface area contributed by atoms with Crippen LogP contribution < -0.4 is 0 Å². The van der Waals surface area contributed by atoms with Crippen molar-refractivity contribution in [2.45, 2.75) is 39.2 Å². The molecule has 4 heteroatoms. The molecule has 0 bridgehead atoms. The smallest absolute Gasteiger partial charge is 0.222 e. The number of amides is 1. The Morgan fingerprint density at radius 1 is 1.25 bits per heavy atom. The molecule has 0 aromatic carbocycles. The molecule has 0 spiro atoms. The summed E-state index contributed by atoms with van der Waals surface area (Å²) in [4.78, 5) is 19.1. The maximum atomic E-state index is 10.7. The minimum Gasteiger partial charge on any atom is -0.346 e. The van der Waals surface area contributed by atoms with E-state index < -0.39 is 0 Å². The highest BCUT2D eigenvalue weighted by Crippen LogP contribution is 2.06. The molecule has 2 heterocycles. The maximum Gasteiger partial charge on any atom is 0.222 e. The number of hydrogen-bond acceptors (Lipinski definition) is 3. The van der Waals surface area contributed by atoms with E-state index in [0.29, 0.717) is 5.91 Å². The van der Waals surface area contributed by atoms with Crippen LogP contribution in [0.2, 0.25) is 0 Å². The van der Waals surface area contributed by atoms with Crippen LogP contribution in [0.3, 0.4) is 0 Å². The fraction of sp³-hybridized carbons (Fsp3) is 0.625. The van der Waals surface area contributed by atoms with Crippen molar-refractivity contribution in [3.8, 4) is 0 Å². The summed E-state index contributed by atoms with van der Waals surface area (Å²) in [6.45, 7) is 4.01. The summed E-state index contributed by atoms with van der Waals surface area (Å²) in [5, 5.41) is 0. The van der Waals surface area contributed by atoms with Crippen molar-refractivity contribution in [2.24, 2.45) is 0 Å². The lowest BCUT2D eigenvalue weighted by molar-refractivity contribution is -0.131. The van der Waals surface area contributed by atoms with Crippen molar-refractivity contribution in [2.75, 3.05) is 27.7 Å². The number of rotatable bonds is 3. The monoisotopic (exact) mass is 277 g/mol. The molecule has 0 N–H and O–H groups in total. The highest BCUT2D eigenvalue weighted by atomic mass is 16.2. The molecule has 0 radical (unpaired) electrons. The van der Waals surface area contributed by atoms with Crippen molar-refractivity contribution >= 4 is 5.91 Å². The van der Waals surface area contributed by atoms with E-state index in [1.807, 2.05) is 7.05 Å². The summed E-state index contributed by atoms with van der Waals surface area (Å²) < 4.78 is 0. The number of nitrogens with zero attached hydrogens (tertiary/aromatic N) is 3. The molecule has 1 aliphatic heterocycles. The second-order valence-corrected chi connectivity index (χ2v) is 5.48. The van der Waals surface area contributed by atoms with E-state index in [1.54, 1.807) is 4.90 Å². The van der Waals surface area contributed by atoms with Gasteiger partial charge in [-0.3, -0.25) is 9.78 Å². The van der Waals surface area contributed by atoms with Gasteiger partial charge in [-0.1, -0.05) is 13.0 Å². The van der Waals surface area contributed by atoms with Crippen LogP contribution >= 0.6 is 0 Å². The fourth-order valence-corrected chi connectivity index (χ4v) is 2.08. The van der Waals surface area contributed by atoms with Crippen molar-refractivity contribution in [1.29, 1.82) is 0 Å². The lowest BCUT2D eigenvalue weighted by atomic mass is 10.1. The van der Waals surface area contributed by atoms with E-state index >= 15 is 0 Å². The first-order chi connectivity index (χ1) is 9.52. The SMILES string of the molecule is CCc1cccc(CN(C)C)n1.CN1CCCCC1=O. The second-order valence-electron chi connectivity index (χ2n) is 5.48. The standard InChI is InChI=1S/C10H16N2.C6H11NO/c1-4-9-6-5-7-10(11-9)8-12(2)3;1-7-5-3-2-4-6(7)8/h5-7H,4,8H2,1-3H3;2-5H2,1H3. The van der Waals surface area contributed by atoms with Crippen molar-refractivity contribution in [1.82, 2.24) is 14.8 Å². The van der Waals surface area contributed by atoms with Crippen molar-refractivity contribution < 1.29 is 4.79 Å². The second kappa shape index (κ2) is 8.69. The Bertz CT molecular complexity index is 418. The summed E-state index contributed by atoms with van der Waals surface area (Å²) in [6.07, 6.45) is 4.04. The molecule has 0 saturated carbocycles. The Balaban J connectivity index is 0.000000217. The van der Waals surface area contributed by atoms with Crippen LogP contribution in [-0.4, -0.2) is 48.4 Å². The van der Waals surface area contributed by atoms with Gasteiger partial charge in [-0.2, -0.15) is 0 Å². The van der Waals surface area contributed by atoms with Gasteiger partial charge in [0, 0.05) is 32.3 Å². The molecule has 4 nitrogen and oxygen atoms in total. The molecule has 1 aliphatic rings. The molecule has 2 rings (SSSR count). The van der Waals surface area contributed by atoms with Crippen molar-refractivity contribution in [3.63, 3.8) is 0 Å². The van der Waals surface area contributed by atoms with Gasteiger partial charge in [0.2, 0.25) is 5.91 Å². The molecule has 0 unspecified atom stereocenters. The van der Waals surface area contributed by atoms with Crippen LogP contribution in [0, 0.1) is 0 Å². The largest absolute Gasteiger partial charge is 0.346 e. The lowest BCUT2D eigenvalue weighted by Gasteiger charge is -2.21. The number of pyridine rings is 1. The van der Waals surface area contributed by atoms with Gasteiger partial charge in [-0.25, -0.2) is 0 Å². The predicted octanol–water partition coefficient (Wildman–Crippen LogP) is 2.33. The van der Waals surface area contributed by atoms with Crippen molar-refractivity contribution in [3.05, 3.63) is 29.6 Å². The first kappa shape index (κ1) is 16.6. The minimum absolute atomic E-state index is 0.302. The molecule has 1 fully saturated rings. The predicted molar refractivity (Wildman–Crippen MR) is 82.5 cm³/mol. The number of carbonyl (C=O) groups is 1. The van der Waals surface area contributed by atoms with Gasteiger partial charge in [0.15, 0.2) is 0 Å². The number of aryl methyl sites for hydroxylation is 1. The van der Waals surface area contributed by atoms with E-state index in [0.717, 1.165) is 38.0 Å². The maximum absolute atomic E-state index is 10.7. The number of carbonyl (C=O) groups excluding carboxylic acids is 1. The zero-order valence-corrected chi connectivity index (χ0v) is 13.2. The van der Waals surface area contributed by atoms with Gasteiger partial charge in [-0.15, -0.1) is 0 Å². The number of hydrogen-bond donors (Lipinski definition) is 0. The highest BCUT2D eigenvalue weighted by molar-refractivity contribution is 5.76. The third kappa shape index (κ3) is 6.15. The summed E-state index contributed by atoms with van der Waals surface area (Å²) in [6, 6.07) is 6.21. The molecule has 0 atom stereocenters. The van der Waals surface area contributed by atoms with E-state index in [9.17, 15) is 4.79 Å². The Hall–Kier alpha value is -1.42. The van der Waals surface area contributed by atoms with Gasteiger partial charge in [-0.05, 0) is 45.5 Å². The summed E-state index contributed by atoms with van der Waals surface area (Å²) in [5.41, 5.74) is 2.33. The molecule has 20 heavy (non-hydrogen) atoms. The molecular weight excluding hydrogens is 250 g/mol. The molecule has 1 amide bonds. The van der Waals surface area contributed by atoms with E-state index in [2.05, 4.69) is 49.1 Å². The summed E-state index contributed by atoms with van der Waals surface area (Å²) in [5.74, 6) is 0.302. The average molecular weight is 277 g/mol. The quantitative estimate of drug-likeness (QED) is 0.851. The Morgan fingerprint density at radius 2 is 1.95 bits per heavy atom. The van der Waals surface area contributed by atoms with Gasteiger partial charge in [0.25, 0.3) is 0 Å². The molecule has 1 saturated heterocycles. The number of piperidine rings is 1. The van der Waals surface area contributed by atoms with Crippen LogP contribution in [-0.2, 0) is 17.8 Å². The van der Waals surface area contributed by atoms with E-state index in [1.165, 1.54) is 12.1 Å². The normalized spacial score (nSPS) is 15.1. The molecule has 0 aliphatic carbocycles. The topological polar surface area (TPSA) is 36.4 Å². The molecular formula is C16H27N3O. The Kier molecular flexibility index (Phi) is 7.23. The molecule has 1 aromatic heterocycles. The first-order valence-corrected chi connectivity index (χ1v) is 7.36. The van der Waals surface area contributed by atoms with Crippen LogP contribution in [0.15, 0.2) is 18.2 Å². The number of likely N-dealkylation sites (tertiary alicyclic amines) is 1. The zero-order chi connectivity index (χ0) is 15.0. The third-order valence-corrected chi connectivity index (χ3v) is 3.26. The van der Waals surface area contributed by atoms with Gasteiger partial charge in [0.1, 0.15) is 0 Å². The van der Waals surface area contributed by atoms with Crippen LogP contribution in [0.4, 0.5) is 0 Å². The van der Waals surface area contributed by atoms with Crippen LogP contribution in [0.5, 0.6) is 0 Å². The fourth-order valence-electron chi connectivity index (χ4n) is 2.08. The van der Waals surface area contributed by atoms with Gasteiger partial charge < -0.3 is 9.80 Å². The Labute approximate surface area is 122 Å². The molecule has 1 aromatic rings. The minimum atomic E-state index is 0.302.